The molecule has 0 spiro atoms. The van der Waals surface area contributed by atoms with E-state index in [0.717, 1.165) is 10.6 Å². The lowest BCUT2D eigenvalue weighted by Gasteiger charge is -2.23. The number of nitrogens with one attached hydrogen (secondary N) is 1. The van der Waals surface area contributed by atoms with Crippen LogP contribution >= 0.6 is 23.8 Å². The number of halogens is 1. The zero-order valence-electron chi connectivity index (χ0n) is 12.3. The van der Waals surface area contributed by atoms with Gasteiger partial charge in [-0.05, 0) is 48.2 Å². The van der Waals surface area contributed by atoms with Crippen LogP contribution in [0.1, 0.15) is 62.0 Å². The van der Waals surface area contributed by atoms with E-state index in [4.69, 9.17) is 29.6 Å². The topological polar surface area (TPSA) is 50.4 Å². The number of nitrogens with two attached hydrogens (primary N) is 1. The van der Waals surface area contributed by atoms with Crippen molar-refractivity contribution in [3.05, 3.63) is 34.3 Å². The molecule has 0 aliphatic heterocycles. The zero-order chi connectivity index (χ0) is 15.2. The van der Waals surface area contributed by atoms with Crippen LogP contribution in [-0.4, -0.2) is 11.3 Å². The minimum absolute atomic E-state index is 0.157. The van der Waals surface area contributed by atoms with E-state index in [1.54, 1.807) is 6.21 Å². The maximum absolute atomic E-state index is 6.49. The Hall–Kier alpha value is -1.13. The fraction of sp³-hybridized carbons (Fsp3) is 0.500. The fourth-order valence-corrected chi connectivity index (χ4v) is 3.27. The summed E-state index contributed by atoms with van der Waals surface area (Å²) in [6, 6.07) is 6.38. The SMILES string of the molecule is CC(/C=N/NC(N)=S)c1ccc(C2CCCCC2)c(Cl)c1. The summed E-state index contributed by atoms with van der Waals surface area (Å²) in [7, 11) is 0. The predicted octanol–water partition coefficient (Wildman–Crippen LogP) is 4.31. The highest BCUT2D eigenvalue weighted by atomic mass is 35.5. The van der Waals surface area contributed by atoms with E-state index < -0.39 is 0 Å². The van der Waals surface area contributed by atoms with Crippen LogP contribution in [0.5, 0.6) is 0 Å². The van der Waals surface area contributed by atoms with Gasteiger partial charge in [0.1, 0.15) is 0 Å². The molecule has 0 bridgehead atoms. The molecule has 0 radical (unpaired) electrons. The lowest BCUT2D eigenvalue weighted by molar-refractivity contribution is 0.443. The van der Waals surface area contributed by atoms with Crippen LogP contribution in [0.15, 0.2) is 23.3 Å². The van der Waals surface area contributed by atoms with Crippen LogP contribution in [0.3, 0.4) is 0 Å². The lowest BCUT2D eigenvalue weighted by atomic mass is 9.83. The average molecular weight is 324 g/mol. The molecule has 0 saturated heterocycles. The second-order valence-corrected chi connectivity index (χ2v) is 6.51. The molecule has 114 valence electrons. The van der Waals surface area contributed by atoms with Gasteiger partial charge in [0.2, 0.25) is 0 Å². The van der Waals surface area contributed by atoms with Crippen LogP contribution in [0.2, 0.25) is 5.02 Å². The summed E-state index contributed by atoms with van der Waals surface area (Å²) in [6.45, 7) is 2.07. The second kappa shape index (κ2) is 7.76. The molecule has 1 aliphatic rings. The quantitative estimate of drug-likeness (QED) is 0.493. The van der Waals surface area contributed by atoms with E-state index in [-0.39, 0.29) is 11.0 Å². The van der Waals surface area contributed by atoms with Crippen LogP contribution < -0.4 is 11.2 Å². The molecule has 5 heteroatoms. The average Bonchev–Trinajstić information content (AvgIpc) is 2.47. The van der Waals surface area contributed by atoms with E-state index >= 15 is 0 Å². The summed E-state index contributed by atoms with van der Waals surface area (Å²) in [5.74, 6) is 0.783. The molecule has 0 heterocycles. The van der Waals surface area contributed by atoms with Gasteiger partial charge in [0.25, 0.3) is 0 Å². The number of rotatable bonds is 4. The smallest absolute Gasteiger partial charge is 0.184 e. The number of hydrazone groups is 1. The van der Waals surface area contributed by atoms with Crippen molar-refractivity contribution >= 4 is 35.1 Å². The van der Waals surface area contributed by atoms with Crippen LogP contribution in [0, 0.1) is 0 Å². The molecule has 21 heavy (non-hydrogen) atoms. The Morgan fingerprint density at radius 1 is 1.43 bits per heavy atom. The van der Waals surface area contributed by atoms with Crippen molar-refractivity contribution in [1.29, 1.82) is 0 Å². The predicted molar refractivity (Wildman–Crippen MR) is 94.1 cm³/mol. The molecule has 1 aromatic rings. The highest BCUT2D eigenvalue weighted by Crippen LogP contribution is 2.37. The van der Waals surface area contributed by atoms with Gasteiger partial charge in [0.05, 0.1) is 0 Å². The molecule has 2 rings (SSSR count). The molecular formula is C16H22ClN3S. The van der Waals surface area contributed by atoms with Gasteiger partial charge in [-0.2, -0.15) is 5.10 Å². The van der Waals surface area contributed by atoms with E-state index in [2.05, 4.69) is 35.7 Å². The Bertz CT molecular complexity index is 524. The highest BCUT2D eigenvalue weighted by Gasteiger charge is 2.18. The van der Waals surface area contributed by atoms with Crippen molar-refractivity contribution < 1.29 is 0 Å². The molecule has 0 amide bonds. The maximum Gasteiger partial charge on any atom is 0.184 e. The third kappa shape index (κ3) is 4.68. The number of thiocarbonyl (C=S) groups is 1. The second-order valence-electron chi connectivity index (χ2n) is 5.66. The van der Waals surface area contributed by atoms with Gasteiger partial charge < -0.3 is 5.73 Å². The minimum atomic E-state index is 0.157. The normalized spacial score (nSPS) is 17.8. The van der Waals surface area contributed by atoms with Gasteiger partial charge in [-0.1, -0.05) is 49.9 Å². The first-order chi connectivity index (χ1) is 10.1. The zero-order valence-corrected chi connectivity index (χ0v) is 13.9. The molecule has 1 saturated carbocycles. The Labute approximate surface area is 136 Å². The van der Waals surface area contributed by atoms with Crippen molar-refractivity contribution in [1.82, 2.24) is 5.43 Å². The van der Waals surface area contributed by atoms with Gasteiger partial charge in [-0.25, -0.2) is 0 Å². The van der Waals surface area contributed by atoms with E-state index in [1.807, 2.05) is 0 Å². The summed E-state index contributed by atoms with van der Waals surface area (Å²) in [4.78, 5) is 0. The Kier molecular flexibility index (Phi) is 6.00. The molecular weight excluding hydrogens is 302 g/mol. The Morgan fingerprint density at radius 3 is 2.76 bits per heavy atom. The molecule has 1 aromatic carbocycles. The Morgan fingerprint density at radius 2 is 2.14 bits per heavy atom. The van der Waals surface area contributed by atoms with Crippen LogP contribution in [0.4, 0.5) is 0 Å². The van der Waals surface area contributed by atoms with Crippen molar-refractivity contribution in [3.8, 4) is 0 Å². The van der Waals surface area contributed by atoms with Gasteiger partial charge in [-0.3, -0.25) is 5.43 Å². The molecule has 1 atom stereocenters. The first-order valence-electron chi connectivity index (χ1n) is 7.46. The van der Waals surface area contributed by atoms with Gasteiger partial charge >= 0.3 is 0 Å². The summed E-state index contributed by atoms with van der Waals surface area (Å²) < 4.78 is 0. The molecule has 3 nitrogen and oxygen atoms in total. The third-order valence-electron chi connectivity index (χ3n) is 4.07. The molecule has 1 unspecified atom stereocenters. The van der Waals surface area contributed by atoms with Gasteiger partial charge in [0, 0.05) is 17.2 Å². The molecule has 3 N–H and O–H groups in total. The van der Waals surface area contributed by atoms with Crippen LogP contribution in [0.25, 0.3) is 0 Å². The number of hydrogen-bond acceptors (Lipinski definition) is 2. The van der Waals surface area contributed by atoms with Gasteiger partial charge in [-0.15, -0.1) is 0 Å². The summed E-state index contributed by atoms with van der Waals surface area (Å²) in [5, 5.41) is 5.05. The standard InChI is InChI=1S/C16H22ClN3S/c1-11(10-19-20-16(18)21)13-7-8-14(15(17)9-13)12-5-3-2-4-6-12/h7-12H,2-6H2,1H3,(H3,18,20,21)/b19-10+. The third-order valence-corrected chi connectivity index (χ3v) is 4.49. The fourth-order valence-electron chi connectivity index (χ4n) is 2.87. The Balaban J connectivity index is 2.07. The molecule has 1 aliphatic carbocycles. The van der Waals surface area contributed by atoms with Crippen LogP contribution in [-0.2, 0) is 0 Å². The molecule has 0 aromatic heterocycles. The summed E-state index contributed by atoms with van der Waals surface area (Å²) >= 11 is 11.2. The van der Waals surface area contributed by atoms with E-state index in [9.17, 15) is 0 Å². The maximum atomic E-state index is 6.49. The van der Waals surface area contributed by atoms with E-state index in [0.29, 0.717) is 5.92 Å². The number of nitrogens with zero attached hydrogens (tertiary/aromatic N) is 1. The number of hydrogen-bond donors (Lipinski definition) is 2. The van der Waals surface area contributed by atoms with Crippen molar-refractivity contribution in [2.75, 3.05) is 0 Å². The lowest BCUT2D eigenvalue weighted by Crippen LogP contribution is -2.24. The largest absolute Gasteiger partial charge is 0.375 e. The van der Waals surface area contributed by atoms with E-state index in [1.165, 1.54) is 37.7 Å². The van der Waals surface area contributed by atoms with Crippen molar-refractivity contribution in [2.24, 2.45) is 10.8 Å². The minimum Gasteiger partial charge on any atom is -0.375 e. The highest BCUT2D eigenvalue weighted by molar-refractivity contribution is 7.80. The van der Waals surface area contributed by atoms with Crippen molar-refractivity contribution in [2.45, 2.75) is 50.9 Å². The van der Waals surface area contributed by atoms with Crippen molar-refractivity contribution in [3.63, 3.8) is 0 Å². The first kappa shape index (κ1) is 16.2. The summed E-state index contributed by atoms with van der Waals surface area (Å²) in [5.41, 5.74) is 10.3. The summed E-state index contributed by atoms with van der Waals surface area (Å²) in [6.07, 6.45) is 8.29. The van der Waals surface area contributed by atoms with Gasteiger partial charge in [0.15, 0.2) is 5.11 Å². The monoisotopic (exact) mass is 323 g/mol. The first-order valence-corrected chi connectivity index (χ1v) is 8.24. The molecule has 1 fully saturated rings. The number of benzene rings is 1.